The summed E-state index contributed by atoms with van der Waals surface area (Å²) in [7, 11) is 1.75. The predicted molar refractivity (Wildman–Crippen MR) is 90.1 cm³/mol. The van der Waals surface area contributed by atoms with Crippen LogP contribution in [0.3, 0.4) is 0 Å². The van der Waals surface area contributed by atoms with Crippen molar-refractivity contribution in [3.63, 3.8) is 0 Å². The van der Waals surface area contributed by atoms with Gasteiger partial charge in [-0.15, -0.1) is 24.0 Å². The third-order valence-corrected chi connectivity index (χ3v) is 2.53. The van der Waals surface area contributed by atoms with Gasteiger partial charge in [-0.05, 0) is 40.0 Å². The van der Waals surface area contributed by atoms with Crippen LogP contribution >= 0.6 is 24.0 Å². The minimum Gasteiger partial charge on any atom is -0.356 e. The number of hydrogen-bond acceptors (Lipinski definition) is 2. The highest BCUT2D eigenvalue weighted by Gasteiger charge is 2.22. The topological polar surface area (TPSA) is 65.5 Å². The fourth-order valence-corrected chi connectivity index (χ4v) is 1.52. The van der Waals surface area contributed by atoms with Gasteiger partial charge in [0.15, 0.2) is 5.96 Å². The van der Waals surface area contributed by atoms with E-state index in [-0.39, 0.29) is 35.4 Å². The number of carbonyl (C=O) groups is 1. The van der Waals surface area contributed by atoms with Crippen molar-refractivity contribution in [3.05, 3.63) is 0 Å². The lowest BCUT2D eigenvalue weighted by molar-refractivity contribution is -0.121. The Morgan fingerprint density at radius 1 is 1.32 bits per heavy atom. The summed E-state index contributed by atoms with van der Waals surface area (Å²) < 4.78 is 0. The molecule has 1 fully saturated rings. The highest BCUT2D eigenvalue weighted by Crippen LogP contribution is 2.18. The van der Waals surface area contributed by atoms with Crippen LogP contribution in [0, 0.1) is 0 Å². The first kappa shape index (κ1) is 18.5. The average molecular weight is 382 g/mol. The molecule has 3 N–H and O–H groups in total. The molecule has 1 amide bonds. The maximum Gasteiger partial charge on any atom is 0.220 e. The molecule has 0 saturated heterocycles. The molecule has 0 aromatic heterocycles. The number of amides is 1. The summed E-state index contributed by atoms with van der Waals surface area (Å²) in [6.07, 6.45) is 3.69. The molecule has 0 aromatic carbocycles. The zero-order chi connectivity index (χ0) is 13.6. The molecule has 0 aliphatic heterocycles. The van der Waals surface area contributed by atoms with Crippen molar-refractivity contribution in [2.75, 3.05) is 13.6 Å². The molecule has 1 aliphatic rings. The van der Waals surface area contributed by atoms with Crippen LogP contribution in [0.2, 0.25) is 0 Å². The lowest BCUT2D eigenvalue weighted by Gasteiger charge is -2.23. The summed E-state index contributed by atoms with van der Waals surface area (Å²) >= 11 is 0. The van der Waals surface area contributed by atoms with E-state index in [4.69, 9.17) is 0 Å². The van der Waals surface area contributed by atoms with Crippen LogP contribution in [0.1, 0.15) is 46.5 Å². The number of nitrogens with one attached hydrogen (secondary N) is 3. The molecule has 112 valence electrons. The normalized spacial score (nSPS) is 15.5. The summed E-state index contributed by atoms with van der Waals surface area (Å²) in [6.45, 7) is 7.02. The number of guanidine groups is 1. The smallest absolute Gasteiger partial charge is 0.220 e. The third-order valence-electron chi connectivity index (χ3n) is 2.53. The largest absolute Gasteiger partial charge is 0.356 e. The summed E-state index contributed by atoms with van der Waals surface area (Å²) in [4.78, 5) is 15.6. The van der Waals surface area contributed by atoms with Gasteiger partial charge in [-0.1, -0.05) is 0 Å². The van der Waals surface area contributed by atoms with Gasteiger partial charge in [0.1, 0.15) is 0 Å². The van der Waals surface area contributed by atoms with Gasteiger partial charge in [0.25, 0.3) is 0 Å². The molecule has 0 heterocycles. The second-order valence-electron chi connectivity index (χ2n) is 5.82. The van der Waals surface area contributed by atoms with Crippen molar-refractivity contribution in [2.24, 2.45) is 4.99 Å². The first-order chi connectivity index (χ1) is 8.40. The molecule has 0 radical (unpaired) electrons. The van der Waals surface area contributed by atoms with Gasteiger partial charge in [0.2, 0.25) is 5.91 Å². The van der Waals surface area contributed by atoms with Gasteiger partial charge in [-0.3, -0.25) is 9.79 Å². The monoisotopic (exact) mass is 382 g/mol. The van der Waals surface area contributed by atoms with Crippen LogP contribution in [0.4, 0.5) is 0 Å². The average Bonchev–Trinajstić information content (AvgIpc) is 3.04. The molecule has 5 nitrogen and oxygen atoms in total. The first-order valence-corrected chi connectivity index (χ1v) is 6.69. The molecular formula is C13H27IN4O. The van der Waals surface area contributed by atoms with E-state index in [0.29, 0.717) is 12.5 Å². The van der Waals surface area contributed by atoms with E-state index < -0.39 is 0 Å². The zero-order valence-corrected chi connectivity index (χ0v) is 14.7. The van der Waals surface area contributed by atoms with Crippen molar-refractivity contribution in [3.8, 4) is 0 Å². The fourth-order valence-electron chi connectivity index (χ4n) is 1.52. The van der Waals surface area contributed by atoms with E-state index in [1.165, 1.54) is 0 Å². The van der Waals surface area contributed by atoms with Crippen LogP contribution in [-0.4, -0.2) is 37.0 Å². The molecule has 0 unspecified atom stereocenters. The zero-order valence-electron chi connectivity index (χ0n) is 12.4. The van der Waals surface area contributed by atoms with Crippen LogP contribution < -0.4 is 16.0 Å². The van der Waals surface area contributed by atoms with Gasteiger partial charge in [-0.2, -0.15) is 0 Å². The van der Waals surface area contributed by atoms with Gasteiger partial charge in [-0.25, -0.2) is 0 Å². The van der Waals surface area contributed by atoms with E-state index in [9.17, 15) is 4.79 Å². The Labute approximate surface area is 133 Å². The predicted octanol–water partition coefficient (Wildman–Crippen LogP) is 1.63. The first-order valence-electron chi connectivity index (χ1n) is 6.69. The Hall–Kier alpha value is -0.530. The van der Waals surface area contributed by atoms with Crippen molar-refractivity contribution < 1.29 is 4.79 Å². The molecular weight excluding hydrogens is 355 g/mol. The molecule has 1 saturated carbocycles. The second-order valence-corrected chi connectivity index (χ2v) is 5.82. The van der Waals surface area contributed by atoms with E-state index in [2.05, 4.69) is 41.7 Å². The van der Waals surface area contributed by atoms with Crippen LogP contribution in [0.5, 0.6) is 0 Å². The number of hydrogen-bond donors (Lipinski definition) is 3. The van der Waals surface area contributed by atoms with E-state index in [0.717, 1.165) is 31.8 Å². The maximum absolute atomic E-state index is 11.5. The Kier molecular flexibility index (Phi) is 8.36. The standard InChI is InChI=1S/C13H26N4O.HI/c1-13(2,3)17-12(14-4)15-9-5-6-11(18)16-10-7-8-10;/h10H,5-9H2,1-4H3,(H,16,18)(H2,14,15,17);1H. The van der Waals surface area contributed by atoms with Crippen molar-refractivity contribution >= 4 is 35.8 Å². The van der Waals surface area contributed by atoms with Gasteiger partial charge in [0.05, 0.1) is 0 Å². The number of carbonyl (C=O) groups excluding carboxylic acids is 1. The summed E-state index contributed by atoms with van der Waals surface area (Å²) in [6, 6.07) is 0.459. The van der Waals surface area contributed by atoms with Crippen LogP contribution in [0.25, 0.3) is 0 Å². The maximum atomic E-state index is 11.5. The third kappa shape index (κ3) is 9.98. The summed E-state index contributed by atoms with van der Waals surface area (Å²) in [5, 5.41) is 9.47. The van der Waals surface area contributed by atoms with E-state index in [1.807, 2.05) is 0 Å². The van der Waals surface area contributed by atoms with Gasteiger partial charge in [0, 0.05) is 31.6 Å². The van der Waals surface area contributed by atoms with E-state index in [1.54, 1.807) is 7.05 Å². The van der Waals surface area contributed by atoms with Gasteiger partial charge >= 0.3 is 0 Å². The minimum absolute atomic E-state index is 0. The Balaban J connectivity index is 0.00000324. The Morgan fingerprint density at radius 2 is 1.95 bits per heavy atom. The van der Waals surface area contributed by atoms with Crippen molar-refractivity contribution in [2.45, 2.75) is 58.0 Å². The highest BCUT2D eigenvalue weighted by atomic mass is 127. The minimum atomic E-state index is -0.00874. The molecule has 19 heavy (non-hydrogen) atoms. The quantitative estimate of drug-likeness (QED) is 0.293. The Morgan fingerprint density at radius 3 is 2.42 bits per heavy atom. The number of aliphatic imine (C=N–C) groups is 1. The highest BCUT2D eigenvalue weighted by molar-refractivity contribution is 14.0. The van der Waals surface area contributed by atoms with Crippen molar-refractivity contribution in [1.82, 2.24) is 16.0 Å². The molecule has 1 aliphatic carbocycles. The molecule has 0 aromatic rings. The molecule has 0 bridgehead atoms. The van der Waals surface area contributed by atoms with Crippen molar-refractivity contribution in [1.29, 1.82) is 0 Å². The number of nitrogens with zero attached hydrogens (tertiary/aromatic N) is 1. The van der Waals surface area contributed by atoms with E-state index >= 15 is 0 Å². The molecule has 6 heteroatoms. The lowest BCUT2D eigenvalue weighted by Crippen LogP contribution is -2.47. The molecule has 0 atom stereocenters. The number of rotatable bonds is 5. The van der Waals surface area contributed by atoms with Gasteiger partial charge < -0.3 is 16.0 Å². The molecule has 0 spiro atoms. The second kappa shape index (κ2) is 8.60. The lowest BCUT2D eigenvalue weighted by atomic mass is 10.1. The SMILES string of the molecule is CN=C(NCCCC(=O)NC1CC1)NC(C)(C)C.I. The Bertz CT molecular complexity index is 308. The summed E-state index contributed by atoms with van der Waals surface area (Å²) in [5.41, 5.74) is -0.00874. The fraction of sp³-hybridized carbons (Fsp3) is 0.846. The summed E-state index contributed by atoms with van der Waals surface area (Å²) in [5.74, 6) is 0.947. The number of halogens is 1. The van der Waals surface area contributed by atoms with Crippen LogP contribution in [0.15, 0.2) is 4.99 Å². The molecule has 1 rings (SSSR count). The van der Waals surface area contributed by atoms with Crippen LogP contribution in [-0.2, 0) is 4.79 Å².